The van der Waals surface area contributed by atoms with E-state index in [1.54, 1.807) is 6.07 Å². The predicted octanol–water partition coefficient (Wildman–Crippen LogP) is 6.49. The highest BCUT2D eigenvalue weighted by Crippen LogP contribution is 2.44. The molecule has 2 fully saturated rings. The third-order valence-electron chi connectivity index (χ3n) is 6.48. The minimum atomic E-state index is -0.722. The van der Waals surface area contributed by atoms with E-state index in [1.165, 1.54) is 37.8 Å². The van der Waals surface area contributed by atoms with Crippen LogP contribution in [-0.4, -0.2) is 0 Å². The fraction of sp³-hybridized carbons (Fsp3) is 0.591. The maximum absolute atomic E-state index is 13.9. The zero-order chi connectivity index (χ0) is 17.8. The lowest BCUT2D eigenvalue weighted by Gasteiger charge is -2.38. The number of rotatable bonds is 4. The molecule has 25 heavy (non-hydrogen) atoms. The molecule has 1 aromatic rings. The summed E-state index contributed by atoms with van der Waals surface area (Å²) in [6.45, 7) is 3.85. The second-order valence-electron chi connectivity index (χ2n) is 7.89. The van der Waals surface area contributed by atoms with Crippen molar-refractivity contribution in [1.29, 1.82) is 5.26 Å². The maximum Gasteiger partial charge on any atom is 0.144 e. The molecule has 0 heterocycles. The van der Waals surface area contributed by atoms with Gasteiger partial charge in [-0.2, -0.15) is 5.26 Å². The van der Waals surface area contributed by atoms with E-state index in [0.29, 0.717) is 0 Å². The second kappa shape index (κ2) is 8.13. The Balaban J connectivity index is 1.56. The Bertz CT molecular complexity index is 621. The smallest absolute Gasteiger partial charge is 0.144 e. The number of nitrogens with zero attached hydrogens (tertiary/aromatic N) is 1. The minimum absolute atomic E-state index is 0.227. The standard InChI is InChI=1S/C22H27F2N/c1-2-3-15-4-6-16(7-5-15)17-8-10-18(11-9-17)19-12-21(23)20(14-25)22(24)13-19/h2,12-13,15-18H,1,3-11H2/t15-,16-,17?,18?. The number of allylic oxidation sites excluding steroid dienone is 1. The molecule has 2 aliphatic carbocycles. The number of hydrogen-bond acceptors (Lipinski definition) is 1. The van der Waals surface area contributed by atoms with Crippen molar-refractivity contribution in [3.63, 3.8) is 0 Å². The normalized spacial score (nSPS) is 29.8. The maximum atomic E-state index is 13.9. The van der Waals surface area contributed by atoms with Gasteiger partial charge in [-0.15, -0.1) is 6.58 Å². The van der Waals surface area contributed by atoms with Gasteiger partial charge in [0.2, 0.25) is 0 Å². The molecule has 0 unspecified atom stereocenters. The van der Waals surface area contributed by atoms with Gasteiger partial charge in [-0.05, 0) is 99.2 Å². The largest absolute Gasteiger partial charge is 0.205 e. The second-order valence-corrected chi connectivity index (χ2v) is 7.89. The molecule has 0 radical (unpaired) electrons. The van der Waals surface area contributed by atoms with Crippen LogP contribution in [0, 0.1) is 40.7 Å². The van der Waals surface area contributed by atoms with Crippen LogP contribution in [0.5, 0.6) is 0 Å². The molecule has 0 aliphatic heterocycles. The van der Waals surface area contributed by atoms with Gasteiger partial charge in [0.15, 0.2) is 0 Å². The first-order chi connectivity index (χ1) is 12.1. The van der Waals surface area contributed by atoms with Crippen LogP contribution in [0.1, 0.15) is 74.8 Å². The molecule has 3 rings (SSSR count). The molecule has 3 heteroatoms. The van der Waals surface area contributed by atoms with Crippen molar-refractivity contribution in [3.05, 3.63) is 47.5 Å². The minimum Gasteiger partial charge on any atom is -0.205 e. The van der Waals surface area contributed by atoms with Crippen LogP contribution in [0.25, 0.3) is 0 Å². The van der Waals surface area contributed by atoms with E-state index in [1.807, 2.05) is 6.08 Å². The van der Waals surface area contributed by atoms with Gasteiger partial charge in [0.05, 0.1) is 0 Å². The molecule has 0 aromatic heterocycles. The van der Waals surface area contributed by atoms with E-state index in [-0.39, 0.29) is 5.92 Å². The van der Waals surface area contributed by atoms with Gasteiger partial charge < -0.3 is 0 Å². The van der Waals surface area contributed by atoms with Crippen LogP contribution in [0.4, 0.5) is 8.78 Å². The molecule has 2 saturated carbocycles. The molecule has 1 aromatic carbocycles. The van der Waals surface area contributed by atoms with Crippen LogP contribution in [0.15, 0.2) is 24.8 Å². The average Bonchev–Trinajstić information content (AvgIpc) is 2.62. The molecule has 0 atom stereocenters. The van der Waals surface area contributed by atoms with Crippen molar-refractivity contribution in [2.75, 3.05) is 0 Å². The molecule has 1 nitrogen and oxygen atoms in total. The summed E-state index contributed by atoms with van der Waals surface area (Å²) >= 11 is 0. The monoisotopic (exact) mass is 343 g/mol. The molecule has 2 aliphatic rings. The summed E-state index contributed by atoms with van der Waals surface area (Å²) in [4.78, 5) is 0. The molecule has 0 bridgehead atoms. The number of benzene rings is 1. The number of nitriles is 1. The van der Waals surface area contributed by atoms with E-state index in [9.17, 15) is 8.78 Å². The molecular formula is C22H27F2N. The van der Waals surface area contributed by atoms with Gasteiger partial charge in [0, 0.05) is 0 Å². The van der Waals surface area contributed by atoms with Gasteiger partial charge in [-0.3, -0.25) is 0 Å². The fourth-order valence-electron chi connectivity index (χ4n) is 4.99. The summed E-state index contributed by atoms with van der Waals surface area (Å²) in [5.74, 6) is 1.21. The highest BCUT2D eigenvalue weighted by molar-refractivity contribution is 5.36. The van der Waals surface area contributed by atoms with Crippen LogP contribution >= 0.6 is 0 Å². The van der Waals surface area contributed by atoms with Crippen molar-refractivity contribution in [2.24, 2.45) is 17.8 Å². The van der Waals surface area contributed by atoms with Gasteiger partial charge in [-0.1, -0.05) is 6.08 Å². The summed E-state index contributed by atoms with van der Waals surface area (Å²) < 4.78 is 27.7. The Kier molecular flexibility index (Phi) is 5.89. The van der Waals surface area contributed by atoms with Gasteiger partial charge in [0.25, 0.3) is 0 Å². The van der Waals surface area contributed by atoms with Crippen molar-refractivity contribution in [2.45, 2.75) is 63.7 Å². The van der Waals surface area contributed by atoms with Gasteiger partial charge >= 0.3 is 0 Å². The Morgan fingerprint density at radius 2 is 1.48 bits per heavy atom. The lowest BCUT2D eigenvalue weighted by Crippen LogP contribution is -2.25. The Labute approximate surface area is 149 Å². The molecule has 0 spiro atoms. The van der Waals surface area contributed by atoms with Crippen molar-refractivity contribution in [3.8, 4) is 6.07 Å². The number of halogens is 2. The first-order valence-electron chi connectivity index (χ1n) is 9.62. The average molecular weight is 343 g/mol. The summed E-state index contributed by atoms with van der Waals surface area (Å²) in [6, 6.07) is 4.34. The lowest BCUT2D eigenvalue weighted by atomic mass is 9.68. The third-order valence-corrected chi connectivity index (χ3v) is 6.48. The predicted molar refractivity (Wildman–Crippen MR) is 96.0 cm³/mol. The topological polar surface area (TPSA) is 23.8 Å². The van der Waals surface area contributed by atoms with Gasteiger partial charge in [0.1, 0.15) is 23.3 Å². The highest BCUT2D eigenvalue weighted by atomic mass is 19.1. The van der Waals surface area contributed by atoms with E-state index >= 15 is 0 Å². The van der Waals surface area contributed by atoms with Crippen molar-refractivity contribution in [1.82, 2.24) is 0 Å². The zero-order valence-corrected chi connectivity index (χ0v) is 14.8. The van der Waals surface area contributed by atoms with Crippen molar-refractivity contribution >= 4 is 0 Å². The summed E-state index contributed by atoms with van der Waals surface area (Å²) in [6.07, 6.45) is 12.8. The van der Waals surface area contributed by atoms with Crippen LogP contribution < -0.4 is 0 Å². The molecule has 134 valence electrons. The molecule has 0 N–H and O–H groups in total. The Hall–Kier alpha value is -1.69. The lowest BCUT2D eigenvalue weighted by molar-refractivity contribution is 0.160. The fourth-order valence-corrected chi connectivity index (χ4v) is 4.99. The van der Waals surface area contributed by atoms with E-state index in [2.05, 4.69) is 6.58 Å². The highest BCUT2D eigenvalue weighted by Gasteiger charge is 2.31. The summed E-state index contributed by atoms with van der Waals surface area (Å²) in [5, 5.41) is 8.80. The Morgan fingerprint density at radius 3 is 1.96 bits per heavy atom. The van der Waals surface area contributed by atoms with Crippen LogP contribution in [-0.2, 0) is 0 Å². The third kappa shape index (κ3) is 4.11. The van der Waals surface area contributed by atoms with Crippen LogP contribution in [0.3, 0.4) is 0 Å². The van der Waals surface area contributed by atoms with E-state index in [4.69, 9.17) is 5.26 Å². The van der Waals surface area contributed by atoms with Gasteiger partial charge in [-0.25, -0.2) is 8.78 Å². The van der Waals surface area contributed by atoms with E-state index in [0.717, 1.165) is 55.4 Å². The molecule has 0 amide bonds. The summed E-state index contributed by atoms with van der Waals surface area (Å²) in [7, 11) is 0. The first kappa shape index (κ1) is 18.1. The molecular weight excluding hydrogens is 316 g/mol. The first-order valence-corrected chi connectivity index (χ1v) is 9.62. The van der Waals surface area contributed by atoms with Crippen LogP contribution in [0.2, 0.25) is 0 Å². The molecule has 0 saturated heterocycles. The van der Waals surface area contributed by atoms with Crippen molar-refractivity contribution < 1.29 is 8.78 Å². The number of hydrogen-bond donors (Lipinski definition) is 0. The Morgan fingerprint density at radius 1 is 0.960 bits per heavy atom. The quantitative estimate of drug-likeness (QED) is 0.573. The summed E-state index contributed by atoms with van der Waals surface area (Å²) in [5.41, 5.74) is 0.260. The SMILES string of the molecule is C=CC[C@H]1CC[C@H](C2CCC(c3cc(F)c(C#N)c(F)c3)CC2)CC1. The zero-order valence-electron chi connectivity index (χ0n) is 14.8. The van der Waals surface area contributed by atoms with E-state index < -0.39 is 17.2 Å².